The van der Waals surface area contributed by atoms with Crippen molar-refractivity contribution in [2.45, 2.75) is 20.3 Å². The summed E-state index contributed by atoms with van der Waals surface area (Å²) in [6, 6.07) is 14.8. The van der Waals surface area contributed by atoms with E-state index in [9.17, 15) is 0 Å². The molecule has 24 heavy (non-hydrogen) atoms. The van der Waals surface area contributed by atoms with Gasteiger partial charge >= 0.3 is 0 Å². The molecule has 2 aromatic carbocycles. The maximum atomic E-state index is 5.42. The Balaban J connectivity index is 2.11. The van der Waals surface area contributed by atoms with Gasteiger partial charge in [0.15, 0.2) is 0 Å². The molecule has 0 saturated heterocycles. The Hall–Kier alpha value is -2.26. The normalized spacial score (nSPS) is 10.7. The number of hydrogen-bond donors (Lipinski definition) is 0. The zero-order chi connectivity index (χ0) is 17.1. The first-order valence-corrected chi connectivity index (χ1v) is 8.95. The molecule has 0 aliphatic heterocycles. The van der Waals surface area contributed by atoms with Gasteiger partial charge in [-0.15, -0.1) is 11.3 Å². The van der Waals surface area contributed by atoms with Gasteiger partial charge in [0.05, 0.1) is 14.2 Å². The van der Waals surface area contributed by atoms with Crippen LogP contribution in [0.2, 0.25) is 0 Å². The molecule has 3 heteroatoms. The van der Waals surface area contributed by atoms with Crippen molar-refractivity contribution in [3.63, 3.8) is 0 Å². The Morgan fingerprint density at radius 3 is 2.04 bits per heavy atom. The molecule has 124 valence electrons. The van der Waals surface area contributed by atoms with Crippen LogP contribution < -0.4 is 9.47 Å². The summed E-state index contributed by atoms with van der Waals surface area (Å²) in [5.74, 6) is 1.63. The highest BCUT2D eigenvalue weighted by Gasteiger charge is 2.15. The molecule has 0 aliphatic rings. The third-order valence-corrected chi connectivity index (χ3v) is 5.29. The molecule has 1 heterocycles. The number of hydrogen-bond acceptors (Lipinski definition) is 3. The maximum absolute atomic E-state index is 5.42. The van der Waals surface area contributed by atoms with Gasteiger partial charge < -0.3 is 9.47 Å². The van der Waals surface area contributed by atoms with E-state index >= 15 is 0 Å². The molecular formula is C21H22O2S. The van der Waals surface area contributed by atoms with Crippen molar-refractivity contribution in [2.75, 3.05) is 14.2 Å². The molecule has 1 aromatic heterocycles. The second-order valence-corrected chi connectivity index (χ2v) is 6.66. The van der Waals surface area contributed by atoms with Crippen molar-refractivity contribution in [3.05, 3.63) is 59.0 Å². The van der Waals surface area contributed by atoms with E-state index in [4.69, 9.17) is 9.47 Å². The molecule has 0 amide bonds. The van der Waals surface area contributed by atoms with Gasteiger partial charge in [-0.1, -0.05) is 36.8 Å². The Bertz CT molecular complexity index is 809. The fraction of sp³-hybridized carbons (Fsp3) is 0.238. The van der Waals surface area contributed by atoms with Crippen molar-refractivity contribution < 1.29 is 9.47 Å². The minimum Gasteiger partial charge on any atom is -0.497 e. The maximum Gasteiger partial charge on any atom is 0.123 e. The quantitative estimate of drug-likeness (QED) is 0.570. The molecule has 0 N–H and O–H groups in total. The lowest BCUT2D eigenvalue weighted by atomic mass is 9.98. The zero-order valence-electron chi connectivity index (χ0n) is 14.6. The lowest BCUT2D eigenvalue weighted by Gasteiger charge is -2.10. The molecule has 0 bridgehead atoms. The second kappa shape index (κ2) is 7.10. The molecule has 2 nitrogen and oxygen atoms in total. The molecule has 0 atom stereocenters. The molecule has 0 unspecified atom stereocenters. The topological polar surface area (TPSA) is 18.5 Å². The number of benzene rings is 2. The number of rotatable bonds is 5. The lowest BCUT2D eigenvalue weighted by Crippen LogP contribution is -1.90. The van der Waals surface area contributed by atoms with Gasteiger partial charge in [0.25, 0.3) is 0 Å². The fourth-order valence-corrected chi connectivity index (χ4v) is 4.05. The molecular weight excluding hydrogens is 316 g/mol. The van der Waals surface area contributed by atoms with Crippen LogP contribution in [-0.4, -0.2) is 14.2 Å². The van der Waals surface area contributed by atoms with Crippen molar-refractivity contribution >= 4 is 11.3 Å². The SMILES string of the molecule is CCc1c(-c2ccc(C)cc2)csc1-c1cc(OC)cc(OC)c1. The van der Waals surface area contributed by atoms with E-state index in [1.54, 1.807) is 25.6 Å². The van der Waals surface area contributed by atoms with E-state index in [-0.39, 0.29) is 0 Å². The summed E-state index contributed by atoms with van der Waals surface area (Å²) in [6.45, 7) is 4.33. The van der Waals surface area contributed by atoms with Crippen LogP contribution >= 0.6 is 11.3 Å². The average molecular weight is 338 g/mol. The van der Waals surface area contributed by atoms with Gasteiger partial charge in [-0.3, -0.25) is 0 Å². The molecule has 0 spiro atoms. The van der Waals surface area contributed by atoms with E-state index in [2.05, 4.69) is 55.6 Å². The van der Waals surface area contributed by atoms with E-state index in [0.717, 1.165) is 23.5 Å². The van der Waals surface area contributed by atoms with Crippen molar-refractivity contribution in [1.82, 2.24) is 0 Å². The second-order valence-electron chi connectivity index (χ2n) is 5.78. The largest absolute Gasteiger partial charge is 0.497 e. The minimum absolute atomic E-state index is 0.816. The highest BCUT2D eigenvalue weighted by molar-refractivity contribution is 7.14. The highest BCUT2D eigenvalue weighted by atomic mass is 32.1. The minimum atomic E-state index is 0.816. The first kappa shape index (κ1) is 16.6. The first-order chi connectivity index (χ1) is 11.7. The predicted molar refractivity (Wildman–Crippen MR) is 102 cm³/mol. The van der Waals surface area contributed by atoms with E-state index < -0.39 is 0 Å². The van der Waals surface area contributed by atoms with Crippen LogP contribution in [0.5, 0.6) is 11.5 Å². The van der Waals surface area contributed by atoms with Crippen LogP contribution in [-0.2, 0) is 6.42 Å². The number of ether oxygens (including phenoxy) is 2. The standard InChI is InChI=1S/C21H22O2S/c1-5-19-20(15-8-6-14(2)7-9-15)13-24-21(19)16-10-17(22-3)12-18(11-16)23-4/h6-13H,5H2,1-4H3. The van der Waals surface area contributed by atoms with Crippen LogP contribution in [0.1, 0.15) is 18.1 Å². The highest BCUT2D eigenvalue weighted by Crippen LogP contribution is 2.41. The summed E-state index contributed by atoms with van der Waals surface area (Å²) in [5.41, 5.74) is 6.39. The van der Waals surface area contributed by atoms with E-state index in [0.29, 0.717) is 0 Å². The Labute approximate surface area is 147 Å². The molecule has 0 radical (unpaired) electrons. The van der Waals surface area contributed by atoms with E-state index in [1.807, 2.05) is 6.07 Å². The van der Waals surface area contributed by atoms with Gasteiger partial charge in [-0.05, 0) is 53.1 Å². The van der Waals surface area contributed by atoms with Gasteiger partial charge in [-0.25, -0.2) is 0 Å². The van der Waals surface area contributed by atoms with Crippen molar-refractivity contribution in [2.24, 2.45) is 0 Å². The Morgan fingerprint density at radius 1 is 0.875 bits per heavy atom. The summed E-state index contributed by atoms with van der Waals surface area (Å²) in [4.78, 5) is 1.28. The van der Waals surface area contributed by atoms with Crippen LogP contribution in [0.4, 0.5) is 0 Å². The first-order valence-electron chi connectivity index (χ1n) is 8.07. The number of thiophene rings is 1. The zero-order valence-corrected chi connectivity index (χ0v) is 15.4. The molecule has 3 rings (SSSR count). The molecule has 0 saturated carbocycles. The molecule has 0 fully saturated rings. The third-order valence-electron chi connectivity index (χ3n) is 4.22. The predicted octanol–water partition coefficient (Wildman–Crippen LogP) is 5.97. The summed E-state index contributed by atoms with van der Waals surface area (Å²) in [5, 5.41) is 2.25. The summed E-state index contributed by atoms with van der Waals surface area (Å²) in [7, 11) is 3.37. The smallest absolute Gasteiger partial charge is 0.123 e. The monoisotopic (exact) mass is 338 g/mol. The third kappa shape index (κ3) is 3.17. The number of methoxy groups -OCH3 is 2. The van der Waals surface area contributed by atoms with Gasteiger partial charge in [-0.2, -0.15) is 0 Å². The van der Waals surface area contributed by atoms with Crippen LogP contribution in [0, 0.1) is 6.92 Å². The van der Waals surface area contributed by atoms with Crippen LogP contribution in [0.25, 0.3) is 21.6 Å². The summed E-state index contributed by atoms with van der Waals surface area (Å²) < 4.78 is 10.8. The summed E-state index contributed by atoms with van der Waals surface area (Å²) in [6.07, 6.45) is 0.988. The number of aryl methyl sites for hydroxylation is 1. The molecule has 3 aromatic rings. The lowest BCUT2D eigenvalue weighted by molar-refractivity contribution is 0.394. The van der Waals surface area contributed by atoms with Gasteiger partial charge in [0.2, 0.25) is 0 Å². The van der Waals surface area contributed by atoms with E-state index in [1.165, 1.54) is 27.1 Å². The van der Waals surface area contributed by atoms with Gasteiger partial charge in [0.1, 0.15) is 11.5 Å². The fourth-order valence-electron chi connectivity index (χ4n) is 2.89. The average Bonchev–Trinajstić information content (AvgIpc) is 3.05. The van der Waals surface area contributed by atoms with Crippen molar-refractivity contribution in [1.29, 1.82) is 0 Å². The molecule has 0 aliphatic carbocycles. The van der Waals surface area contributed by atoms with Crippen LogP contribution in [0.15, 0.2) is 47.8 Å². The summed E-state index contributed by atoms with van der Waals surface area (Å²) >= 11 is 1.78. The Kier molecular flexibility index (Phi) is 4.91. The Morgan fingerprint density at radius 2 is 1.50 bits per heavy atom. The van der Waals surface area contributed by atoms with Crippen molar-refractivity contribution in [3.8, 4) is 33.1 Å². The van der Waals surface area contributed by atoms with Gasteiger partial charge in [0, 0.05) is 10.9 Å². The van der Waals surface area contributed by atoms with Crippen LogP contribution in [0.3, 0.4) is 0 Å².